The molecule has 3 N–H and O–H groups in total. The van der Waals surface area contributed by atoms with Crippen LogP contribution < -0.4 is 11.1 Å². The van der Waals surface area contributed by atoms with Crippen molar-refractivity contribution in [3.63, 3.8) is 0 Å². The summed E-state index contributed by atoms with van der Waals surface area (Å²) in [5.41, 5.74) is 6.28. The van der Waals surface area contributed by atoms with Crippen molar-refractivity contribution in [1.29, 1.82) is 0 Å². The van der Waals surface area contributed by atoms with Crippen LogP contribution in [0.4, 0.5) is 0 Å². The third-order valence-electron chi connectivity index (χ3n) is 3.34. The molecule has 15 heavy (non-hydrogen) atoms. The zero-order valence-corrected chi connectivity index (χ0v) is 11.2. The van der Waals surface area contributed by atoms with Gasteiger partial charge in [-0.25, -0.2) is 0 Å². The highest BCUT2D eigenvalue weighted by molar-refractivity contribution is 7.80. The van der Waals surface area contributed by atoms with Gasteiger partial charge in [-0.15, -0.1) is 0 Å². The van der Waals surface area contributed by atoms with Crippen molar-refractivity contribution in [1.82, 2.24) is 5.32 Å². The first-order valence-electron chi connectivity index (χ1n) is 5.76. The molecule has 1 aliphatic rings. The predicted octanol–water partition coefficient (Wildman–Crippen LogP) is 2.67. The molecule has 3 heteroatoms. The highest BCUT2D eigenvalue weighted by Crippen LogP contribution is 2.48. The van der Waals surface area contributed by atoms with Crippen LogP contribution in [0.2, 0.25) is 0 Å². The molecule has 1 saturated carbocycles. The van der Waals surface area contributed by atoms with E-state index in [-0.39, 0.29) is 0 Å². The molecule has 88 valence electrons. The molecule has 0 aromatic heterocycles. The lowest BCUT2D eigenvalue weighted by Gasteiger charge is -2.46. The molecule has 2 unspecified atom stereocenters. The lowest BCUT2D eigenvalue weighted by molar-refractivity contribution is 0.0643. The molecule has 0 bridgehead atoms. The van der Waals surface area contributed by atoms with Crippen LogP contribution in [0.25, 0.3) is 0 Å². The molecule has 0 aromatic rings. The Morgan fingerprint density at radius 1 is 1.40 bits per heavy atom. The van der Waals surface area contributed by atoms with Gasteiger partial charge in [0.2, 0.25) is 0 Å². The average Bonchev–Trinajstić information content (AvgIpc) is 1.96. The quantitative estimate of drug-likeness (QED) is 0.714. The third-order valence-corrected chi connectivity index (χ3v) is 3.48. The summed E-state index contributed by atoms with van der Waals surface area (Å²) in [7, 11) is 0. The lowest BCUT2D eigenvalue weighted by Crippen LogP contribution is -2.44. The van der Waals surface area contributed by atoms with Crippen molar-refractivity contribution >= 4 is 17.3 Å². The first-order valence-corrected chi connectivity index (χ1v) is 6.17. The Morgan fingerprint density at radius 2 is 2.00 bits per heavy atom. The smallest absolute Gasteiger partial charge is 0.163 e. The molecule has 0 saturated heterocycles. The van der Waals surface area contributed by atoms with Gasteiger partial charge in [-0.1, -0.05) is 27.7 Å². The summed E-state index contributed by atoms with van der Waals surface area (Å²) < 4.78 is 0. The fourth-order valence-corrected chi connectivity index (χ4v) is 3.66. The van der Waals surface area contributed by atoms with E-state index < -0.39 is 0 Å². The SMILES string of the molecule is CC1CC(C)(C)CC(C)(CNC(N)=S)C1. The average molecular weight is 228 g/mol. The summed E-state index contributed by atoms with van der Waals surface area (Å²) in [5, 5.41) is 3.55. The molecule has 2 nitrogen and oxygen atoms in total. The van der Waals surface area contributed by atoms with Crippen LogP contribution in [0.5, 0.6) is 0 Å². The van der Waals surface area contributed by atoms with Crippen LogP contribution in [0.3, 0.4) is 0 Å². The molecule has 0 heterocycles. The van der Waals surface area contributed by atoms with E-state index in [0.717, 1.165) is 12.5 Å². The lowest BCUT2D eigenvalue weighted by atomic mass is 9.61. The second-order valence-electron chi connectivity index (χ2n) is 6.38. The highest BCUT2D eigenvalue weighted by atomic mass is 32.1. The van der Waals surface area contributed by atoms with E-state index in [9.17, 15) is 0 Å². The third kappa shape index (κ3) is 3.98. The van der Waals surface area contributed by atoms with Gasteiger partial charge in [-0.05, 0) is 48.2 Å². The number of nitrogens with one attached hydrogen (secondary N) is 1. The molecule has 0 aliphatic heterocycles. The van der Waals surface area contributed by atoms with Crippen molar-refractivity contribution in [3.05, 3.63) is 0 Å². The van der Waals surface area contributed by atoms with Crippen molar-refractivity contribution in [2.75, 3.05) is 6.54 Å². The van der Waals surface area contributed by atoms with Gasteiger partial charge in [0.25, 0.3) is 0 Å². The standard InChI is InChI=1S/C12H24N2S/c1-9-5-11(2,3)7-12(4,6-9)8-14-10(13)15/h9H,5-8H2,1-4H3,(H3,13,14,15). The second-order valence-corrected chi connectivity index (χ2v) is 6.82. The van der Waals surface area contributed by atoms with E-state index in [0.29, 0.717) is 15.9 Å². The van der Waals surface area contributed by atoms with Crippen LogP contribution in [-0.2, 0) is 0 Å². The maximum Gasteiger partial charge on any atom is 0.163 e. The first kappa shape index (κ1) is 12.8. The van der Waals surface area contributed by atoms with E-state index in [1.807, 2.05) is 0 Å². The Morgan fingerprint density at radius 3 is 2.47 bits per heavy atom. The van der Waals surface area contributed by atoms with E-state index in [2.05, 4.69) is 33.0 Å². The van der Waals surface area contributed by atoms with Crippen molar-refractivity contribution in [2.24, 2.45) is 22.5 Å². The Kier molecular flexibility index (Phi) is 3.64. The molecule has 1 aliphatic carbocycles. The molecule has 0 amide bonds. The van der Waals surface area contributed by atoms with Crippen LogP contribution >= 0.6 is 12.2 Å². The molecule has 0 radical (unpaired) electrons. The summed E-state index contributed by atoms with van der Waals surface area (Å²) >= 11 is 4.87. The predicted molar refractivity (Wildman–Crippen MR) is 69.7 cm³/mol. The molecule has 0 spiro atoms. The van der Waals surface area contributed by atoms with Gasteiger partial charge in [0.1, 0.15) is 0 Å². The Balaban J connectivity index is 2.62. The maximum atomic E-state index is 5.49. The number of thiocarbonyl (C=S) groups is 1. The van der Waals surface area contributed by atoms with Gasteiger partial charge in [0.05, 0.1) is 0 Å². The van der Waals surface area contributed by atoms with Gasteiger partial charge >= 0.3 is 0 Å². The monoisotopic (exact) mass is 228 g/mol. The van der Waals surface area contributed by atoms with Gasteiger partial charge in [0.15, 0.2) is 5.11 Å². The minimum atomic E-state index is 0.338. The van der Waals surface area contributed by atoms with Crippen LogP contribution in [0.15, 0.2) is 0 Å². The van der Waals surface area contributed by atoms with E-state index in [1.165, 1.54) is 19.3 Å². The Hall–Kier alpha value is -0.310. The normalized spacial score (nSPS) is 34.8. The molecule has 1 fully saturated rings. The Labute approximate surface area is 99.0 Å². The van der Waals surface area contributed by atoms with Crippen LogP contribution in [0, 0.1) is 16.7 Å². The van der Waals surface area contributed by atoms with Crippen LogP contribution in [-0.4, -0.2) is 11.7 Å². The minimum Gasteiger partial charge on any atom is -0.376 e. The zero-order chi connectivity index (χ0) is 11.7. The fourth-order valence-electron chi connectivity index (χ4n) is 3.59. The minimum absolute atomic E-state index is 0.338. The van der Waals surface area contributed by atoms with Crippen molar-refractivity contribution < 1.29 is 0 Å². The van der Waals surface area contributed by atoms with Gasteiger partial charge in [0, 0.05) is 6.54 Å². The molecule has 0 aromatic carbocycles. The summed E-state index contributed by atoms with van der Waals surface area (Å²) in [4.78, 5) is 0. The van der Waals surface area contributed by atoms with E-state index in [4.69, 9.17) is 18.0 Å². The van der Waals surface area contributed by atoms with E-state index in [1.54, 1.807) is 0 Å². The topological polar surface area (TPSA) is 38.0 Å². The number of hydrogen-bond donors (Lipinski definition) is 2. The Bertz CT molecular complexity index is 250. The summed E-state index contributed by atoms with van der Waals surface area (Å²) in [6, 6.07) is 0. The maximum absolute atomic E-state index is 5.49. The van der Waals surface area contributed by atoms with Gasteiger partial charge < -0.3 is 11.1 Å². The fraction of sp³-hybridized carbons (Fsp3) is 0.917. The molecule has 1 rings (SSSR count). The highest BCUT2D eigenvalue weighted by Gasteiger charge is 2.39. The number of rotatable bonds is 2. The first-order chi connectivity index (χ1) is 6.72. The van der Waals surface area contributed by atoms with E-state index >= 15 is 0 Å². The zero-order valence-electron chi connectivity index (χ0n) is 10.4. The summed E-state index contributed by atoms with van der Waals surface area (Å²) in [6.07, 6.45) is 3.85. The molecular formula is C12H24N2S. The second kappa shape index (κ2) is 4.28. The number of nitrogens with two attached hydrogens (primary N) is 1. The summed E-state index contributed by atoms with van der Waals surface area (Å²) in [5.74, 6) is 0.798. The summed E-state index contributed by atoms with van der Waals surface area (Å²) in [6.45, 7) is 10.3. The number of hydrogen-bond acceptors (Lipinski definition) is 1. The molecular weight excluding hydrogens is 204 g/mol. The largest absolute Gasteiger partial charge is 0.376 e. The van der Waals surface area contributed by atoms with Gasteiger partial charge in [-0.3, -0.25) is 0 Å². The van der Waals surface area contributed by atoms with Crippen molar-refractivity contribution in [3.8, 4) is 0 Å². The van der Waals surface area contributed by atoms with Gasteiger partial charge in [-0.2, -0.15) is 0 Å². The van der Waals surface area contributed by atoms with Crippen LogP contribution in [0.1, 0.15) is 47.0 Å². The van der Waals surface area contributed by atoms with Crippen molar-refractivity contribution in [2.45, 2.75) is 47.0 Å². The molecule has 2 atom stereocenters.